The van der Waals surface area contributed by atoms with Gasteiger partial charge in [0.1, 0.15) is 0 Å². The molecular weight excluding hydrogens is 429 g/mol. The van der Waals surface area contributed by atoms with Crippen molar-refractivity contribution in [1.82, 2.24) is 10.6 Å². The maximum atomic E-state index is 5.87. The number of aliphatic imine (C=N–C) groups is 1. The maximum absolute atomic E-state index is 5.87. The molecule has 5 nitrogen and oxygen atoms in total. The molecular formula is C19H32IN3O2. The first-order chi connectivity index (χ1) is 11.9. The van der Waals surface area contributed by atoms with Crippen molar-refractivity contribution in [3.8, 4) is 0 Å². The normalized spacial score (nSPS) is 15.5. The summed E-state index contributed by atoms with van der Waals surface area (Å²) < 4.78 is 11.2. The van der Waals surface area contributed by atoms with Crippen molar-refractivity contribution >= 4 is 29.9 Å². The van der Waals surface area contributed by atoms with Crippen LogP contribution < -0.4 is 10.6 Å². The standard InChI is InChI=1S/C19H31N3O2.HI/c1-20-19(21-12-5-9-17-7-3-2-4-8-17)22-13-6-14-24-18-10-15-23-16-11-18;/h2-4,7-8,18H,5-6,9-16H2,1H3,(H2,20,21,22);1H. The van der Waals surface area contributed by atoms with Crippen LogP contribution in [0.1, 0.15) is 31.2 Å². The highest BCUT2D eigenvalue weighted by Gasteiger charge is 2.13. The lowest BCUT2D eigenvalue weighted by Crippen LogP contribution is -2.38. The van der Waals surface area contributed by atoms with E-state index in [-0.39, 0.29) is 24.0 Å². The van der Waals surface area contributed by atoms with Crippen molar-refractivity contribution in [2.45, 2.75) is 38.2 Å². The van der Waals surface area contributed by atoms with Gasteiger partial charge in [0.25, 0.3) is 0 Å². The van der Waals surface area contributed by atoms with E-state index < -0.39 is 0 Å². The quantitative estimate of drug-likeness (QED) is 0.257. The second-order valence-corrected chi connectivity index (χ2v) is 6.05. The van der Waals surface area contributed by atoms with Gasteiger partial charge in [0, 0.05) is 40.0 Å². The SMILES string of the molecule is CN=C(NCCCOC1CCOCC1)NCCCc1ccccc1.I. The summed E-state index contributed by atoms with van der Waals surface area (Å²) in [6.45, 7) is 4.27. The summed E-state index contributed by atoms with van der Waals surface area (Å²) >= 11 is 0. The van der Waals surface area contributed by atoms with Gasteiger partial charge in [0.15, 0.2) is 5.96 Å². The Morgan fingerprint density at radius 1 is 1.12 bits per heavy atom. The first-order valence-corrected chi connectivity index (χ1v) is 9.06. The van der Waals surface area contributed by atoms with Crippen LogP contribution in [0.5, 0.6) is 0 Å². The van der Waals surface area contributed by atoms with E-state index >= 15 is 0 Å². The van der Waals surface area contributed by atoms with E-state index in [4.69, 9.17) is 9.47 Å². The highest BCUT2D eigenvalue weighted by Crippen LogP contribution is 2.10. The number of halogens is 1. The fraction of sp³-hybridized carbons (Fsp3) is 0.632. The minimum absolute atomic E-state index is 0. The van der Waals surface area contributed by atoms with Gasteiger partial charge in [-0.15, -0.1) is 24.0 Å². The fourth-order valence-corrected chi connectivity index (χ4v) is 2.74. The summed E-state index contributed by atoms with van der Waals surface area (Å²) in [5, 5.41) is 6.70. The maximum Gasteiger partial charge on any atom is 0.190 e. The molecule has 0 radical (unpaired) electrons. The summed E-state index contributed by atoms with van der Waals surface area (Å²) in [5.41, 5.74) is 1.38. The van der Waals surface area contributed by atoms with Gasteiger partial charge in [-0.1, -0.05) is 30.3 Å². The number of nitrogens with zero attached hydrogens (tertiary/aromatic N) is 1. The van der Waals surface area contributed by atoms with Gasteiger partial charge in [0.2, 0.25) is 0 Å². The zero-order chi connectivity index (χ0) is 16.9. The molecule has 1 aliphatic heterocycles. The molecule has 0 saturated carbocycles. The molecule has 1 aromatic rings. The Morgan fingerprint density at radius 2 is 1.80 bits per heavy atom. The molecule has 0 bridgehead atoms. The molecule has 2 N–H and O–H groups in total. The van der Waals surface area contributed by atoms with Crippen LogP contribution in [0, 0.1) is 0 Å². The van der Waals surface area contributed by atoms with E-state index in [1.54, 1.807) is 0 Å². The molecule has 0 aliphatic carbocycles. The van der Waals surface area contributed by atoms with E-state index in [0.717, 1.165) is 71.0 Å². The van der Waals surface area contributed by atoms with Crippen LogP contribution in [0.25, 0.3) is 0 Å². The van der Waals surface area contributed by atoms with Gasteiger partial charge < -0.3 is 20.1 Å². The molecule has 0 unspecified atom stereocenters. The van der Waals surface area contributed by atoms with Crippen LogP contribution >= 0.6 is 24.0 Å². The Morgan fingerprint density at radius 3 is 2.48 bits per heavy atom. The molecule has 0 amide bonds. The van der Waals surface area contributed by atoms with E-state index in [1.807, 2.05) is 7.05 Å². The van der Waals surface area contributed by atoms with E-state index in [9.17, 15) is 0 Å². The number of ether oxygens (including phenoxy) is 2. The Bertz CT molecular complexity index is 465. The number of benzene rings is 1. The zero-order valence-electron chi connectivity index (χ0n) is 15.2. The molecule has 1 heterocycles. The summed E-state index contributed by atoms with van der Waals surface area (Å²) in [5.74, 6) is 0.870. The Labute approximate surface area is 169 Å². The van der Waals surface area contributed by atoms with Gasteiger partial charge in [0.05, 0.1) is 6.10 Å². The van der Waals surface area contributed by atoms with Crippen LogP contribution in [0.4, 0.5) is 0 Å². The summed E-state index contributed by atoms with van der Waals surface area (Å²) in [6, 6.07) is 10.6. The van der Waals surface area contributed by atoms with Crippen molar-refractivity contribution in [2.75, 3.05) is 40.0 Å². The minimum atomic E-state index is 0. The highest BCUT2D eigenvalue weighted by molar-refractivity contribution is 14.0. The molecule has 2 rings (SSSR count). The van der Waals surface area contributed by atoms with E-state index in [0.29, 0.717) is 6.10 Å². The topological polar surface area (TPSA) is 54.9 Å². The highest BCUT2D eigenvalue weighted by atomic mass is 127. The van der Waals surface area contributed by atoms with Gasteiger partial charge in [-0.3, -0.25) is 4.99 Å². The third-order valence-corrected chi connectivity index (χ3v) is 4.14. The third-order valence-electron chi connectivity index (χ3n) is 4.14. The van der Waals surface area contributed by atoms with Crippen LogP contribution in [-0.2, 0) is 15.9 Å². The number of guanidine groups is 1. The Kier molecular flexibility index (Phi) is 12.7. The molecule has 0 aromatic heterocycles. The number of hydrogen-bond donors (Lipinski definition) is 2. The zero-order valence-corrected chi connectivity index (χ0v) is 17.5. The first-order valence-electron chi connectivity index (χ1n) is 9.06. The third kappa shape index (κ3) is 10.0. The molecule has 0 atom stereocenters. The van der Waals surface area contributed by atoms with Crippen molar-refractivity contribution < 1.29 is 9.47 Å². The number of hydrogen-bond acceptors (Lipinski definition) is 3. The predicted molar refractivity (Wildman–Crippen MR) is 114 cm³/mol. The summed E-state index contributed by atoms with van der Waals surface area (Å²) in [7, 11) is 1.81. The largest absolute Gasteiger partial charge is 0.381 e. The smallest absolute Gasteiger partial charge is 0.190 e. The predicted octanol–water partition coefficient (Wildman–Crippen LogP) is 2.99. The van der Waals surface area contributed by atoms with Crippen molar-refractivity contribution in [3.63, 3.8) is 0 Å². The average molecular weight is 461 g/mol. The molecule has 1 aromatic carbocycles. The van der Waals surface area contributed by atoms with E-state index in [2.05, 4.69) is 46.0 Å². The Hall–Kier alpha value is -0.860. The first kappa shape index (κ1) is 22.2. The van der Waals surface area contributed by atoms with Crippen molar-refractivity contribution in [1.29, 1.82) is 0 Å². The van der Waals surface area contributed by atoms with Crippen LogP contribution in [0.2, 0.25) is 0 Å². The molecule has 1 fully saturated rings. The average Bonchev–Trinajstić information content (AvgIpc) is 2.65. The minimum Gasteiger partial charge on any atom is -0.381 e. The summed E-state index contributed by atoms with van der Waals surface area (Å²) in [4.78, 5) is 4.26. The summed E-state index contributed by atoms with van der Waals surface area (Å²) in [6.07, 6.45) is 5.61. The molecule has 0 spiro atoms. The van der Waals surface area contributed by atoms with Crippen molar-refractivity contribution in [3.05, 3.63) is 35.9 Å². The number of aryl methyl sites for hydroxylation is 1. The molecule has 142 valence electrons. The van der Waals surface area contributed by atoms with Crippen molar-refractivity contribution in [2.24, 2.45) is 4.99 Å². The lowest BCUT2D eigenvalue weighted by Gasteiger charge is -2.22. The van der Waals surface area contributed by atoms with Crippen LogP contribution in [0.3, 0.4) is 0 Å². The number of nitrogens with one attached hydrogen (secondary N) is 2. The van der Waals surface area contributed by atoms with Crippen LogP contribution in [-0.4, -0.2) is 52.0 Å². The molecule has 25 heavy (non-hydrogen) atoms. The molecule has 1 aliphatic rings. The number of rotatable bonds is 9. The second kappa shape index (κ2) is 14.3. The lowest BCUT2D eigenvalue weighted by molar-refractivity contribution is -0.0320. The second-order valence-electron chi connectivity index (χ2n) is 6.05. The fourth-order valence-electron chi connectivity index (χ4n) is 2.74. The molecule has 6 heteroatoms. The monoisotopic (exact) mass is 461 g/mol. The molecule has 1 saturated heterocycles. The van der Waals surface area contributed by atoms with E-state index in [1.165, 1.54) is 5.56 Å². The van der Waals surface area contributed by atoms with Gasteiger partial charge in [-0.25, -0.2) is 0 Å². The van der Waals surface area contributed by atoms with Crippen LogP contribution in [0.15, 0.2) is 35.3 Å². The lowest BCUT2D eigenvalue weighted by atomic mass is 10.1. The van der Waals surface area contributed by atoms with Gasteiger partial charge in [-0.05, 0) is 37.7 Å². The van der Waals surface area contributed by atoms with Gasteiger partial charge in [-0.2, -0.15) is 0 Å². The Balaban J connectivity index is 0.00000312. The van der Waals surface area contributed by atoms with Gasteiger partial charge >= 0.3 is 0 Å².